The number of nitrogens with zero attached hydrogens (tertiary/aromatic N) is 5. The van der Waals surface area contributed by atoms with Gasteiger partial charge < -0.3 is 26.4 Å². The van der Waals surface area contributed by atoms with Crippen LogP contribution >= 0.6 is 0 Å². The van der Waals surface area contributed by atoms with Crippen LogP contribution in [0.2, 0.25) is 0 Å². The molecule has 1 amide bonds. The van der Waals surface area contributed by atoms with Crippen LogP contribution in [0.15, 0.2) is 23.2 Å². The Labute approximate surface area is 171 Å². The highest BCUT2D eigenvalue weighted by atomic mass is 16.5. The van der Waals surface area contributed by atoms with Crippen molar-refractivity contribution in [2.45, 2.75) is 13.0 Å². The van der Waals surface area contributed by atoms with Crippen molar-refractivity contribution >= 4 is 34.9 Å². The first-order valence-electron chi connectivity index (χ1n) is 9.04. The molecule has 2 aliphatic rings. The van der Waals surface area contributed by atoms with Crippen LogP contribution in [0.3, 0.4) is 0 Å². The van der Waals surface area contributed by atoms with Crippen molar-refractivity contribution < 1.29 is 9.53 Å². The van der Waals surface area contributed by atoms with E-state index in [9.17, 15) is 10.1 Å². The van der Waals surface area contributed by atoms with Gasteiger partial charge in [0.15, 0.2) is 12.8 Å². The summed E-state index contributed by atoms with van der Waals surface area (Å²) in [6.45, 7) is 2.33. The number of nitrogens with one attached hydrogen (secondary N) is 2. The number of ether oxygens (including phenoxy) is 1. The summed E-state index contributed by atoms with van der Waals surface area (Å²) in [5, 5.41) is 23.8. The van der Waals surface area contributed by atoms with Gasteiger partial charge in [-0.25, -0.2) is 9.98 Å². The van der Waals surface area contributed by atoms with Gasteiger partial charge in [-0.3, -0.25) is 10.1 Å². The molecule has 2 aromatic rings. The molecule has 1 atom stereocenters. The van der Waals surface area contributed by atoms with Gasteiger partial charge in [0.1, 0.15) is 35.1 Å². The predicted octanol–water partition coefficient (Wildman–Crippen LogP) is 0.805. The second kappa shape index (κ2) is 7.14. The number of nitrogens with two attached hydrogens (primary N) is 2. The summed E-state index contributed by atoms with van der Waals surface area (Å²) in [6, 6.07) is 6.59. The van der Waals surface area contributed by atoms with Crippen molar-refractivity contribution in [3.63, 3.8) is 0 Å². The number of amides is 1. The molecule has 3 heterocycles. The van der Waals surface area contributed by atoms with Gasteiger partial charge in [0.25, 0.3) is 5.91 Å². The average molecular weight is 403 g/mol. The number of nitriles is 2. The molecule has 30 heavy (non-hydrogen) atoms. The van der Waals surface area contributed by atoms with E-state index in [0.717, 1.165) is 0 Å². The minimum absolute atomic E-state index is 0.0214. The van der Waals surface area contributed by atoms with Crippen molar-refractivity contribution in [3.8, 4) is 18.0 Å². The number of aliphatic imine (C=N–C) groups is 1. The SMILES string of the molecule is CCN1C(=O)COc2ccc(C3N=C(NC#N)Nc4nc(N)c(C#N)c(N)c43)cc21. The van der Waals surface area contributed by atoms with E-state index in [1.54, 1.807) is 29.3 Å². The first-order valence-corrected chi connectivity index (χ1v) is 9.04. The molecule has 0 saturated carbocycles. The third-order valence-corrected chi connectivity index (χ3v) is 4.92. The van der Waals surface area contributed by atoms with Crippen LogP contribution in [0.4, 0.5) is 23.0 Å². The van der Waals surface area contributed by atoms with Crippen molar-refractivity contribution in [3.05, 3.63) is 34.9 Å². The number of pyridine rings is 1. The zero-order valence-corrected chi connectivity index (χ0v) is 15.9. The number of carbonyl (C=O) groups is 1. The van der Waals surface area contributed by atoms with Crippen LogP contribution in [-0.2, 0) is 4.79 Å². The van der Waals surface area contributed by atoms with Crippen LogP contribution in [0.5, 0.6) is 5.75 Å². The summed E-state index contributed by atoms with van der Waals surface area (Å²) in [7, 11) is 0. The Kier molecular flexibility index (Phi) is 4.49. The molecule has 1 unspecified atom stereocenters. The monoisotopic (exact) mass is 403 g/mol. The zero-order chi connectivity index (χ0) is 21.4. The normalized spacial score (nSPS) is 16.8. The van der Waals surface area contributed by atoms with E-state index in [2.05, 4.69) is 20.6 Å². The lowest BCUT2D eigenvalue weighted by Gasteiger charge is -2.30. The van der Waals surface area contributed by atoms with Crippen LogP contribution < -0.4 is 31.7 Å². The number of benzene rings is 1. The first kappa shape index (κ1) is 18.8. The fraction of sp³-hybridized carbons (Fsp3) is 0.211. The number of hydrogen-bond donors (Lipinski definition) is 4. The second-order valence-corrected chi connectivity index (χ2v) is 6.56. The molecule has 0 saturated heterocycles. The number of anilines is 4. The zero-order valence-electron chi connectivity index (χ0n) is 15.9. The summed E-state index contributed by atoms with van der Waals surface area (Å²) in [5.74, 6) is 0.848. The predicted molar refractivity (Wildman–Crippen MR) is 109 cm³/mol. The van der Waals surface area contributed by atoms with Gasteiger partial charge in [0.2, 0.25) is 5.96 Å². The molecule has 0 aliphatic carbocycles. The van der Waals surface area contributed by atoms with Crippen molar-refractivity contribution in [1.82, 2.24) is 10.3 Å². The Morgan fingerprint density at radius 3 is 2.90 bits per heavy atom. The number of fused-ring (bicyclic) bond motifs is 2. The summed E-state index contributed by atoms with van der Waals surface area (Å²) in [5.41, 5.74) is 14.1. The molecular formula is C19H17N9O2. The summed E-state index contributed by atoms with van der Waals surface area (Å²) in [4.78, 5) is 22.6. The van der Waals surface area contributed by atoms with Gasteiger partial charge in [-0.1, -0.05) is 6.07 Å². The summed E-state index contributed by atoms with van der Waals surface area (Å²) < 4.78 is 5.52. The molecule has 2 aliphatic heterocycles. The summed E-state index contributed by atoms with van der Waals surface area (Å²) >= 11 is 0. The molecule has 11 nitrogen and oxygen atoms in total. The van der Waals surface area contributed by atoms with Gasteiger partial charge in [-0.05, 0) is 24.6 Å². The maximum absolute atomic E-state index is 12.2. The Bertz CT molecular complexity index is 1180. The number of guanidine groups is 1. The number of aromatic nitrogens is 1. The van der Waals surface area contributed by atoms with E-state index in [4.69, 9.17) is 21.5 Å². The van der Waals surface area contributed by atoms with Crippen LogP contribution in [-0.4, -0.2) is 30.0 Å². The molecule has 0 fully saturated rings. The Hall–Kier alpha value is -4.51. The first-order chi connectivity index (χ1) is 14.5. The highest BCUT2D eigenvalue weighted by Crippen LogP contribution is 2.43. The van der Waals surface area contributed by atoms with Gasteiger partial charge in [-0.2, -0.15) is 10.5 Å². The quantitative estimate of drug-likeness (QED) is 0.417. The van der Waals surface area contributed by atoms with E-state index in [-0.39, 0.29) is 35.5 Å². The van der Waals surface area contributed by atoms with Gasteiger partial charge in [-0.15, -0.1) is 0 Å². The van der Waals surface area contributed by atoms with Crippen LogP contribution in [0.25, 0.3) is 0 Å². The molecular weight excluding hydrogens is 386 g/mol. The smallest absolute Gasteiger partial charge is 0.265 e. The van der Waals surface area contributed by atoms with Crippen LogP contribution in [0.1, 0.15) is 29.7 Å². The van der Waals surface area contributed by atoms with E-state index in [1.807, 2.05) is 13.0 Å². The highest BCUT2D eigenvalue weighted by Gasteiger charge is 2.31. The number of hydrogen-bond acceptors (Lipinski definition) is 10. The topological polar surface area (TPSA) is 178 Å². The molecule has 1 aromatic carbocycles. The van der Waals surface area contributed by atoms with E-state index < -0.39 is 6.04 Å². The second-order valence-electron chi connectivity index (χ2n) is 6.56. The molecule has 6 N–H and O–H groups in total. The molecule has 0 bridgehead atoms. The molecule has 0 spiro atoms. The van der Waals surface area contributed by atoms with Crippen LogP contribution in [0, 0.1) is 22.8 Å². The van der Waals surface area contributed by atoms with E-state index >= 15 is 0 Å². The third-order valence-electron chi connectivity index (χ3n) is 4.92. The van der Waals surface area contributed by atoms with Crippen molar-refractivity contribution in [2.24, 2.45) is 4.99 Å². The number of carbonyl (C=O) groups excluding carboxylic acids is 1. The lowest BCUT2D eigenvalue weighted by molar-refractivity contribution is -0.121. The average Bonchev–Trinajstić information content (AvgIpc) is 2.73. The standard InChI is InChI=1S/C19H17N9O2/c1-2-28-11-5-9(3-4-12(11)30-7-13(28)29)16-14-15(22)10(6-20)17(23)26-18(14)27-19(25-16)24-8-21/h3-5,16H,2,7H2,1H3,(H6,22,23,24,25,26,27). The largest absolute Gasteiger partial charge is 0.482 e. The third kappa shape index (κ3) is 2.86. The molecule has 1 aromatic heterocycles. The number of rotatable bonds is 2. The minimum atomic E-state index is -0.696. The maximum Gasteiger partial charge on any atom is 0.265 e. The lowest BCUT2D eigenvalue weighted by atomic mass is 9.94. The van der Waals surface area contributed by atoms with Gasteiger partial charge in [0.05, 0.1) is 11.4 Å². The van der Waals surface area contributed by atoms with E-state index in [0.29, 0.717) is 34.9 Å². The molecule has 150 valence electrons. The Morgan fingerprint density at radius 1 is 1.40 bits per heavy atom. The molecule has 4 rings (SSSR count). The maximum atomic E-state index is 12.2. The van der Waals surface area contributed by atoms with Gasteiger partial charge in [0, 0.05) is 12.1 Å². The number of nitrogen functional groups attached to an aromatic ring is 2. The molecule has 0 radical (unpaired) electrons. The van der Waals surface area contributed by atoms with Crippen molar-refractivity contribution in [2.75, 3.05) is 34.8 Å². The highest BCUT2D eigenvalue weighted by molar-refractivity contribution is 5.99. The summed E-state index contributed by atoms with van der Waals surface area (Å²) in [6.07, 6.45) is 1.81. The fourth-order valence-electron chi connectivity index (χ4n) is 3.56. The fourth-order valence-corrected chi connectivity index (χ4v) is 3.56. The number of likely N-dealkylation sites (N-methyl/N-ethyl adjacent to an activating group) is 1. The lowest BCUT2D eigenvalue weighted by Crippen LogP contribution is -2.38. The van der Waals surface area contributed by atoms with E-state index in [1.165, 1.54) is 0 Å². The Balaban J connectivity index is 1.91. The Morgan fingerprint density at radius 2 is 2.20 bits per heavy atom. The molecule has 11 heteroatoms. The van der Waals surface area contributed by atoms with Gasteiger partial charge >= 0.3 is 0 Å². The van der Waals surface area contributed by atoms with Crippen molar-refractivity contribution in [1.29, 1.82) is 10.5 Å². The minimum Gasteiger partial charge on any atom is -0.482 e.